The number of hydrogen-bond donors (Lipinski definition) is 1. The van der Waals surface area contributed by atoms with Crippen molar-refractivity contribution in [1.29, 1.82) is 0 Å². The quantitative estimate of drug-likeness (QED) is 0.735. The van der Waals surface area contributed by atoms with E-state index in [1.54, 1.807) is 18.4 Å². The second kappa shape index (κ2) is 7.51. The summed E-state index contributed by atoms with van der Waals surface area (Å²) in [5.41, 5.74) is 0.755. The van der Waals surface area contributed by atoms with E-state index in [0.717, 1.165) is 12.0 Å². The summed E-state index contributed by atoms with van der Waals surface area (Å²) in [6.45, 7) is 4.34. The number of thiazole rings is 1. The summed E-state index contributed by atoms with van der Waals surface area (Å²) in [6, 6.07) is 9.77. The molecule has 124 valence electrons. The van der Waals surface area contributed by atoms with E-state index < -0.39 is 0 Å². The van der Waals surface area contributed by atoms with Crippen LogP contribution in [0.2, 0.25) is 0 Å². The van der Waals surface area contributed by atoms with Gasteiger partial charge in [0.25, 0.3) is 5.56 Å². The Balaban J connectivity index is 1.77. The van der Waals surface area contributed by atoms with Crippen LogP contribution in [0.25, 0.3) is 12.7 Å². The van der Waals surface area contributed by atoms with E-state index in [9.17, 15) is 4.79 Å². The first-order chi connectivity index (χ1) is 11.7. The number of nitrogens with one attached hydrogen (secondary N) is 1. The fourth-order valence-electron chi connectivity index (χ4n) is 2.25. The zero-order valence-corrected chi connectivity index (χ0v) is 14.8. The normalized spacial score (nSPS) is 11.6. The third-order valence-corrected chi connectivity index (χ3v) is 5.19. The van der Waals surface area contributed by atoms with E-state index in [1.165, 1.54) is 16.2 Å². The van der Waals surface area contributed by atoms with E-state index in [4.69, 9.17) is 9.47 Å². The van der Waals surface area contributed by atoms with Gasteiger partial charge in [0.15, 0.2) is 11.5 Å². The minimum atomic E-state index is -0.125. The van der Waals surface area contributed by atoms with Crippen LogP contribution >= 0.6 is 22.7 Å². The number of aromatic amines is 1. The number of methoxy groups -OCH3 is 1. The molecular weight excluding hydrogens is 342 g/mol. The van der Waals surface area contributed by atoms with Crippen molar-refractivity contribution in [1.82, 2.24) is 4.98 Å². The summed E-state index contributed by atoms with van der Waals surface area (Å²) in [4.78, 5) is 15.7. The minimum Gasteiger partial charge on any atom is -0.493 e. The molecule has 1 N–H and O–H groups in total. The molecule has 0 unspecified atom stereocenters. The Morgan fingerprint density at radius 3 is 2.83 bits per heavy atom. The molecule has 4 nitrogen and oxygen atoms in total. The number of H-pyrrole nitrogens is 1. The lowest BCUT2D eigenvalue weighted by atomic mass is 10.2. The minimum absolute atomic E-state index is 0.125. The van der Waals surface area contributed by atoms with E-state index in [-0.39, 0.29) is 5.56 Å². The van der Waals surface area contributed by atoms with Gasteiger partial charge in [-0.3, -0.25) is 4.79 Å². The molecule has 0 aliphatic heterocycles. The molecule has 0 aliphatic carbocycles. The van der Waals surface area contributed by atoms with Gasteiger partial charge in [0.05, 0.1) is 22.9 Å². The Morgan fingerprint density at radius 1 is 1.29 bits per heavy atom. The van der Waals surface area contributed by atoms with Crippen LogP contribution in [-0.4, -0.2) is 18.7 Å². The summed E-state index contributed by atoms with van der Waals surface area (Å²) in [5.74, 6) is 1.35. The molecule has 0 amide bonds. The van der Waals surface area contributed by atoms with Gasteiger partial charge in [0.1, 0.15) is 0 Å². The predicted octanol–water partition coefficient (Wildman–Crippen LogP) is 2.37. The zero-order chi connectivity index (χ0) is 16.9. The summed E-state index contributed by atoms with van der Waals surface area (Å²) >= 11 is 3.06. The molecule has 2 heterocycles. The Morgan fingerprint density at radius 2 is 2.17 bits per heavy atom. The number of aromatic nitrogens is 1. The monoisotopic (exact) mass is 359 g/mol. The first-order valence-corrected chi connectivity index (χ1v) is 9.08. The van der Waals surface area contributed by atoms with Gasteiger partial charge in [0, 0.05) is 11.3 Å². The molecule has 3 aromatic rings. The molecule has 0 bridgehead atoms. The molecule has 0 aliphatic rings. The van der Waals surface area contributed by atoms with Crippen LogP contribution < -0.4 is 24.2 Å². The highest BCUT2D eigenvalue weighted by Crippen LogP contribution is 2.28. The molecule has 24 heavy (non-hydrogen) atoms. The second-order valence-corrected chi connectivity index (χ2v) is 7.25. The van der Waals surface area contributed by atoms with Crippen molar-refractivity contribution in [3.8, 4) is 11.5 Å². The second-order valence-electron chi connectivity index (χ2n) is 5.08. The lowest BCUT2D eigenvalue weighted by Gasteiger charge is -2.11. The Bertz CT molecular complexity index is 971. The summed E-state index contributed by atoms with van der Waals surface area (Å²) in [7, 11) is 1.61. The van der Waals surface area contributed by atoms with Gasteiger partial charge < -0.3 is 14.5 Å². The molecule has 0 saturated heterocycles. The van der Waals surface area contributed by atoms with Gasteiger partial charge in [-0.2, -0.15) is 0 Å². The first-order valence-electron chi connectivity index (χ1n) is 7.39. The lowest BCUT2D eigenvalue weighted by molar-refractivity contribution is 0.298. The molecule has 0 atom stereocenters. The van der Waals surface area contributed by atoms with Crippen LogP contribution in [0, 0.1) is 0 Å². The molecule has 3 rings (SSSR count). The van der Waals surface area contributed by atoms with Gasteiger partial charge in [-0.15, -0.1) is 22.7 Å². The highest BCUT2D eigenvalue weighted by molar-refractivity contribution is 7.09. The van der Waals surface area contributed by atoms with Crippen molar-refractivity contribution in [3.05, 3.63) is 65.7 Å². The van der Waals surface area contributed by atoms with Crippen LogP contribution in [0.3, 0.4) is 0 Å². The number of ether oxygens (including phenoxy) is 2. The molecular formula is C18H17NO3S2. The summed E-state index contributed by atoms with van der Waals surface area (Å²) < 4.78 is 12.5. The SMILES string of the molecule is C=c1[nH]c(=O)/c(=C/c2ccc(OCCc3cccs3)c(OC)c2)s1. The maximum atomic E-state index is 11.7. The van der Waals surface area contributed by atoms with Crippen molar-refractivity contribution in [3.63, 3.8) is 0 Å². The number of benzene rings is 1. The largest absolute Gasteiger partial charge is 0.493 e. The Kier molecular flexibility index (Phi) is 5.17. The van der Waals surface area contributed by atoms with Crippen molar-refractivity contribution >= 4 is 35.3 Å². The molecule has 0 fully saturated rings. The first kappa shape index (κ1) is 16.5. The predicted molar refractivity (Wildman–Crippen MR) is 99.8 cm³/mol. The topological polar surface area (TPSA) is 51.3 Å². The van der Waals surface area contributed by atoms with Crippen LogP contribution in [-0.2, 0) is 6.42 Å². The average Bonchev–Trinajstić information content (AvgIpc) is 3.18. The fourth-order valence-corrected chi connectivity index (χ4v) is 3.69. The molecule has 6 heteroatoms. The highest BCUT2D eigenvalue weighted by Gasteiger charge is 2.06. The molecule has 0 radical (unpaired) electrons. The van der Waals surface area contributed by atoms with Gasteiger partial charge >= 0.3 is 0 Å². The van der Waals surface area contributed by atoms with E-state index in [2.05, 4.69) is 23.0 Å². The standard InChI is InChI=1S/C18H17NO3S2/c1-12-19-18(20)17(24-12)11-13-5-6-15(16(10-13)21-2)22-8-7-14-4-3-9-23-14/h3-6,9-11H,1,7-8H2,2H3,(H,19,20)/b17-11-. The number of hydrogen-bond acceptors (Lipinski definition) is 5. The fraction of sp³-hybridized carbons (Fsp3) is 0.167. The third-order valence-electron chi connectivity index (χ3n) is 3.38. The maximum absolute atomic E-state index is 11.7. The summed E-state index contributed by atoms with van der Waals surface area (Å²) in [6.07, 6.45) is 2.68. The number of thiophene rings is 1. The van der Waals surface area contributed by atoms with Crippen molar-refractivity contribution in [2.45, 2.75) is 6.42 Å². The zero-order valence-electron chi connectivity index (χ0n) is 13.2. The van der Waals surface area contributed by atoms with Crippen molar-refractivity contribution < 1.29 is 9.47 Å². The van der Waals surface area contributed by atoms with E-state index in [0.29, 0.717) is 27.3 Å². The Hall–Kier alpha value is -2.31. The molecule has 1 aromatic carbocycles. The maximum Gasteiger partial charge on any atom is 0.266 e. The van der Waals surface area contributed by atoms with Crippen LogP contribution in [0.5, 0.6) is 11.5 Å². The third kappa shape index (κ3) is 3.96. The average molecular weight is 359 g/mol. The van der Waals surface area contributed by atoms with E-state index in [1.807, 2.05) is 30.3 Å². The number of rotatable bonds is 6. The molecule has 0 spiro atoms. The van der Waals surface area contributed by atoms with E-state index >= 15 is 0 Å². The van der Waals surface area contributed by atoms with Gasteiger partial charge in [-0.05, 0) is 35.2 Å². The van der Waals surface area contributed by atoms with Crippen LogP contribution in [0.1, 0.15) is 10.4 Å². The lowest BCUT2D eigenvalue weighted by Crippen LogP contribution is -2.19. The molecule has 0 saturated carbocycles. The van der Waals surface area contributed by atoms with Crippen LogP contribution in [0.15, 0.2) is 40.5 Å². The van der Waals surface area contributed by atoms with Gasteiger partial charge in [-0.1, -0.05) is 18.7 Å². The summed E-state index contributed by atoms with van der Waals surface area (Å²) in [5, 5.41) is 2.06. The van der Waals surface area contributed by atoms with Crippen molar-refractivity contribution in [2.24, 2.45) is 0 Å². The smallest absolute Gasteiger partial charge is 0.266 e. The molecule has 2 aromatic heterocycles. The highest BCUT2D eigenvalue weighted by atomic mass is 32.1. The van der Waals surface area contributed by atoms with Gasteiger partial charge in [-0.25, -0.2) is 0 Å². The Labute approximate surface area is 147 Å². The van der Waals surface area contributed by atoms with Gasteiger partial charge in [0.2, 0.25) is 0 Å². The van der Waals surface area contributed by atoms with Crippen molar-refractivity contribution in [2.75, 3.05) is 13.7 Å². The van der Waals surface area contributed by atoms with Crippen LogP contribution in [0.4, 0.5) is 0 Å².